The van der Waals surface area contributed by atoms with Crippen LogP contribution in [0.2, 0.25) is 0 Å². The number of carbonyl (C=O) groups is 1. The zero-order valence-corrected chi connectivity index (χ0v) is 13.0. The summed E-state index contributed by atoms with van der Waals surface area (Å²) >= 11 is 0. The molecule has 3 atom stereocenters. The Labute approximate surface area is 120 Å². The van der Waals surface area contributed by atoms with Crippen molar-refractivity contribution in [2.24, 2.45) is 11.3 Å². The topological polar surface area (TPSA) is 77.8 Å². The molecule has 0 aromatic carbocycles. The summed E-state index contributed by atoms with van der Waals surface area (Å²) in [6.07, 6.45) is 2.49. The molecule has 0 heterocycles. The van der Waals surface area contributed by atoms with Gasteiger partial charge in [0.2, 0.25) is 0 Å². The van der Waals surface area contributed by atoms with E-state index in [-0.39, 0.29) is 12.5 Å². The summed E-state index contributed by atoms with van der Waals surface area (Å²) in [5.74, 6) is -1.04. The van der Waals surface area contributed by atoms with Gasteiger partial charge in [-0.1, -0.05) is 25.0 Å². The number of hydrogen-bond donors (Lipinski definition) is 3. The van der Waals surface area contributed by atoms with Crippen LogP contribution in [0.3, 0.4) is 0 Å². The molecule has 4 nitrogen and oxygen atoms in total. The van der Waals surface area contributed by atoms with E-state index in [1.807, 2.05) is 20.8 Å². The van der Waals surface area contributed by atoms with Gasteiger partial charge in [-0.3, -0.25) is 0 Å². The summed E-state index contributed by atoms with van der Waals surface area (Å²) in [5.41, 5.74) is 1.34. The van der Waals surface area contributed by atoms with Crippen molar-refractivity contribution in [3.8, 4) is 0 Å². The van der Waals surface area contributed by atoms with Gasteiger partial charge in [-0.25, -0.2) is 4.79 Å². The zero-order chi connectivity index (χ0) is 15.7. The molecule has 0 amide bonds. The minimum atomic E-state index is -0.942. The molecule has 3 N–H and O–H groups in total. The molecule has 0 saturated heterocycles. The molecule has 0 bridgehead atoms. The third-order valence-electron chi connectivity index (χ3n) is 5.35. The highest BCUT2D eigenvalue weighted by molar-refractivity contribution is 5.80. The number of carboxylic acids is 1. The summed E-state index contributed by atoms with van der Waals surface area (Å²) in [4.78, 5) is 10.7. The minimum Gasteiger partial charge on any atom is -0.478 e. The van der Waals surface area contributed by atoms with Crippen LogP contribution in [-0.2, 0) is 4.79 Å². The number of carboxylic acid groups (broad SMARTS) is 1. The number of rotatable bonds is 5. The predicted octanol–water partition coefficient (Wildman–Crippen LogP) is 2.51. The Morgan fingerprint density at radius 3 is 2.35 bits per heavy atom. The molecule has 114 valence electrons. The molecule has 0 fully saturated rings. The molecule has 3 unspecified atom stereocenters. The smallest absolute Gasteiger partial charge is 0.328 e. The lowest BCUT2D eigenvalue weighted by Gasteiger charge is -2.41. The monoisotopic (exact) mass is 282 g/mol. The van der Waals surface area contributed by atoms with Crippen molar-refractivity contribution in [3.05, 3.63) is 22.8 Å². The van der Waals surface area contributed by atoms with Crippen LogP contribution in [0.15, 0.2) is 22.8 Å². The third kappa shape index (κ3) is 2.67. The Morgan fingerprint density at radius 1 is 1.40 bits per heavy atom. The largest absolute Gasteiger partial charge is 0.478 e. The molecule has 4 heteroatoms. The molecule has 0 radical (unpaired) electrons. The molecule has 1 aliphatic carbocycles. The number of hydrogen-bond acceptors (Lipinski definition) is 3. The molecule has 0 aromatic rings. The first-order valence-electron chi connectivity index (χ1n) is 7.01. The summed E-state index contributed by atoms with van der Waals surface area (Å²) in [7, 11) is 0. The lowest BCUT2D eigenvalue weighted by Crippen LogP contribution is -2.45. The van der Waals surface area contributed by atoms with Gasteiger partial charge in [0.25, 0.3) is 0 Å². The summed E-state index contributed by atoms with van der Waals surface area (Å²) in [6.45, 7) is 9.44. The minimum absolute atomic E-state index is 0.0390. The van der Waals surface area contributed by atoms with Crippen molar-refractivity contribution in [2.45, 2.75) is 53.1 Å². The average Bonchev–Trinajstić information content (AvgIpc) is 2.46. The first-order chi connectivity index (χ1) is 9.07. The van der Waals surface area contributed by atoms with Crippen LogP contribution in [0.4, 0.5) is 0 Å². The normalized spacial score (nSPS) is 34.8. The van der Waals surface area contributed by atoms with Gasteiger partial charge in [-0.2, -0.15) is 0 Å². The van der Waals surface area contributed by atoms with E-state index < -0.39 is 17.0 Å². The van der Waals surface area contributed by atoms with Crippen LogP contribution in [0.5, 0.6) is 0 Å². The van der Waals surface area contributed by atoms with Gasteiger partial charge in [-0.05, 0) is 39.2 Å². The van der Waals surface area contributed by atoms with Gasteiger partial charge in [0.1, 0.15) is 0 Å². The van der Waals surface area contributed by atoms with Crippen LogP contribution in [-0.4, -0.2) is 33.5 Å². The average molecular weight is 282 g/mol. The third-order valence-corrected chi connectivity index (χ3v) is 5.35. The molecule has 0 saturated carbocycles. The van der Waals surface area contributed by atoms with Gasteiger partial charge in [0.05, 0.1) is 12.2 Å². The Morgan fingerprint density at radius 2 is 1.95 bits per heavy atom. The maximum absolute atomic E-state index is 10.9. The van der Waals surface area contributed by atoms with Crippen molar-refractivity contribution in [1.82, 2.24) is 0 Å². The Kier molecular flexibility index (Phi) is 4.82. The van der Waals surface area contributed by atoms with Crippen molar-refractivity contribution in [2.75, 3.05) is 6.61 Å². The molecule has 1 aliphatic rings. The molecule has 0 spiro atoms. The maximum Gasteiger partial charge on any atom is 0.328 e. The van der Waals surface area contributed by atoms with E-state index in [2.05, 4.69) is 0 Å². The number of aliphatic hydroxyl groups excluding tert-OH is 1. The Bertz CT molecular complexity index is 459. The van der Waals surface area contributed by atoms with E-state index in [9.17, 15) is 15.0 Å². The van der Waals surface area contributed by atoms with Crippen LogP contribution < -0.4 is 0 Å². The number of aliphatic hydroxyl groups is 2. The zero-order valence-electron chi connectivity index (χ0n) is 13.0. The summed E-state index contributed by atoms with van der Waals surface area (Å²) < 4.78 is 0. The number of aliphatic carboxylic acids is 1. The molecule has 0 aliphatic heterocycles. The first-order valence-corrected chi connectivity index (χ1v) is 7.01. The van der Waals surface area contributed by atoms with E-state index in [0.29, 0.717) is 12.8 Å². The van der Waals surface area contributed by atoms with E-state index in [0.717, 1.165) is 16.7 Å². The number of allylic oxidation sites excluding steroid dienone is 1. The maximum atomic E-state index is 10.9. The lowest BCUT2D eigenvalue weighted by molar-refractivity contribution is -0.131. The van der Waals surface area contributed by atoms with Gasteiger partial charge in [-0.15, -0.1) is 0 Å². The predicted molar refractivity (Wildman–Crippen MR) is 78.3 cm³/mol. The van der Waals surface area contributed by atoms with Crippen LogP contribution in [0, 0.1) is 11.3 Å². The quantitative estimate of drug-likeness (QED) is 0.535. The Balaban J connectivity index is 3.02. The molecular weight excluding hydrogens is 256 g/mol. The van der Waals surface area contributed by atoms with E-state index >= 15 is 0 Å². The van der Waals surface area contributed by atoms with Gasteiger partial charge in [0, 0.05) is 17.4 Å². The van der Waals surface area contributed by atoms with Crippen LogP contribution in [0.1, 0.15) is 47.5 Å². The lowest BCUT2D eigenvalue weighted by atomic mass is 9.67. The van der Waals surface area contributed by atoms with Crippen molar-refractivity contribution < 1.29 is 20.1 Å². The van der Waals surface area contributed by atoms with Crippen molar-refractivity contribution in [1.29, 1.82) is 0 Å². The van der Waals surface area contributed by atoms with E-state index in [4.69, 9.17) is 5.11 Å². The van der Waals surface area contributed by atoms with Crippen molar-refractivity contribution in [3.63, 3.8) is 0 Å². The second kappa shape index (κ2) is 5.70. The highest BCUT2D eigenvalue weighted by Gasteiger charge is 2.54. The van der Waals surface area contributed by atoms with Gasteiger partial charge >= 0.3 is 5.97 Å². The van der Waals surface area contributed by atoms with E-state index in [1.54, 1.807) is 13.8 Å². The molecule has 20 heavy (non-hydrogen) atoms. The first kappa shape index (κ1) is 16.9. The fourth-order valence-electron chi connectivity index (χ4n) is 3.30. The summed E-state index contributed by atoms with van der Waals surface area (Å²) in [5, 5.41) is 29.1. The van der Waals surface area contributed by atoms with Crippen LogP contribution in [0.25, 0.3) is 0 Å². The van der Waals surface area contributed by atoms with E-state index in [1.165, 1.54) is 6.08 Å². The summed E-state index contributed by atoms with van der Waals surface area (Å²) in [6, 6.07) is 0. The fraction of sp³-hybridized carbons (Fsp3) is 0.688. The van der Waals surface area contributed by atoms with Crippen molar-refractivity contribution >= 4 is 5.97 Å². The van der Waals surface area contributed by atoms with Crippen LogP contribution >= 0.6 is 0 Å². The highest BCUT2D eigenvalue weighted by Crippen LogP contribution is 2.55. The molecule has 1 rings (SSSR count). The second-order valence-corrected chi connectivity index (χ2v) is 6.34. The highest BCUT2D eigenvalue weighted by atomic mass is 16.4. The standard InChI is InChI=1S/C16H26O4/c1-10(8-14(18)19)6-7-15(4)11(2)13(9-17)12(3)16(15,5)20/h8,12,17,20H,6-7,9H2,1-5H3,(H,18,19). The molecule has 0 aromatic heterocycles. The fourth-order valence-corrected chi connectivity index (χ4v) is 3.30. The Hall–Kier alpha value is -1.13. The second-order valence-electron chi connectivity index (χ2n) is 6.34. The van der Waals surface area contributed by atoms with Gasteiger partial charge < -0.3 is 15.3 Å². The molecular formula is C16H26O4. The SMILES string of the molecule is CC(=CC(=O)O)CCC1(C)C(C)=C(CO)C(C)C1(C)O. The van der Waals surface area contributed by atoms with Gasteiger partial charge in [0.15, 0.2) is 0 Å².